The maximum Gasteiger partial charge on any atom is 0.354 e. The number of aromatic nitrogens is 1. The van der Waals surface area contributed by atoms with Gasteiger partial charge < -0.3 is 26.5 Å². The molecular formula is C11H16N4O4. The van der Waals surface area contributed by atoms with Crippen LogP contribution in [0.5, 0.6) is 0 Å². The van der Waals surface area contributed by atoms with Crippen molar-refractivity contribution in [2.75, 3.05) is 5.32 Å². The Morgan fingerprint density at radius 1 is 1.47 bits per heavy atom. The molecule has 19 heavy (non-hydrogen) atoms. The molecule has 104 valence electrons. The minimum Gasteiger partial charge on any atom is -0.477 e. The summed E-state index contributed by atoms with van der Waals surface area (Å²) < 4.78 is 0. The summed E-state index contributed by atoms with van der Waals surface area (Å²) in [4.78, 5) is 35.8. The molecule has 0 spiro atoms. The Hall–Kier alpha value is -2.51. The fourth-order valence-corrected chi connectivity index (χ4v) is 1.59. The monoisotopic (exact) mass is 268 g/mol. The van der Waals surface area contributed by atoms with Gasteiger partial charge in [0.05, 0.1) is 5.69 Å². The minimum atomic E-state index is -1.17. The predicted octanol–water partition coefficient (Wildman–Crippen LogP) is 0.407. The molecule has 1 heterocycles. The zero-order chi connectivity index (χ0) is 14.6. The molecule has 0 fully saturated rings. The molecule has 1 atom stereocenters. The number of primary amides is 1. The van der Waals surface area contributed by atoms with E-state index in [4.69, 9.17) is 10.8 Å². The number of rotatable bonds is 5. The molecule has 6 N–H and O–H groups in total. The van der Waals surface area contributed by atoms with Gasteiger partial charge in [0.15, 0.2) is 0 Å². The molecule has 0 saturated carbocycles. The van der Waals surface area contributed by atoms with E-state index in [2.05, 4.69) is 15.6 Å². The zero-order valence-electron chi connectivity index (χ0n) is 10.6. The molecule has 0 aromatic carbocycles. The highest BCUT2D eigenvalue weighted by molar-refractivity contribution is 5.99. The van der Waals surface area contributed by atoms with Crippen LogP contribution in [0.3, 0.4) is 0 Å². The van der Waals surface area contributed by atoms with Gasteiger partial charge in [-0.2, -0.15) is 0 Å². The number of carboxylic acids is 1. The van der Waals surface area contributed by atoms with Crippen LogP contribution in [-0.2, 0) is 4.79 Å². The highest BCUT2D eigenvalue weighted by atomic mass is 16.4. The van der Waals surface area contributed by atoms with E-state index in [0.717, 1.165) is 0 Å². The first-order chi connectivity index (χ1) is 8.79. The molecule has 0 aliphatic heterocycles. The molecule has 1 aromatic heterocycles. The van der Waals surface area contributed by atoms with Crippen LogP contribution in [0.2, 0.25) is 0 Å². The molecule has 8 heteroatoms. The van der Waals surface area contributed by atoms with E-state index in [9.17, 15) is 14.4 Å². The minimum absolute atomic E-state index is 0.00533. The summed E-state index contributed by atoms with van der Waals surface area (Å²) in [5, 5.41) is 13.8. The molecular weight excluding hydrogens is 252 g/mol. The molecule has 3 amide bonds. The number of carboxylic acid groups (broad SMARTS) is 1. The summed E-state index contributed by atoms with van der Waals surface area (Å²) in [7, 11) is 0. The standard InChI is InChI=1S/C11H16N4O4/c1-5-3-7(9(13-5)10(17)18)15-11(19)14-6(2)4-8(12)16/h3,6,13H,4H2,1-2H3,(H2,12,16)(H,17,18)(H2,14,15,19). The SMILES string of the molecule is Cc1cc(NC(=O)NC(C)CC(N)=O)c(C(=O)O)[nH]1. The van der Waals surface area contributed by atoms with Crippen LogP contribution in [0, 0.1) is 6.92 Å². The van der Waals surface area contributed by atoms with Gasteiger partial charge in [-0.25, -0.2) is 9.59 Å². The second-order valence-corrected chi connectivity index (χ2v) is 4.22. The van der Waals surface area contributed by atoms with Crippen LogP contribution in [0.1, 0.15) is 29.5 Å². The van der Waals surface area contributed by atoms with Crippen LogP contribution in [0.4, 0.5) is 10.5 Å². The highest BCUT2D eigenvalue weighted by Gasteiger charge is 2.16. The molecule has 1 rings (SSSR count). The predicted molar refractivity (Wildman–Crippen MR) is 67.9 cm³/mol. The van der Waals surface area contributed by atoms with E-state index < -0.39 is 23.9 Å². The number of hydrogen-bond acceptors (Lipinski definition) is 3. The van der Waals surface area contributed by atoms with Crippen LogP contribution in [0.25, 0.3) is 0 Å². The number of hydrogen-bond donors (Lipinski definition) is 5. The molecule has 0 aliphatic carbocycles. The fraction of sp³-hybridized carbons (Fsp3) is 0.364. The first-order valence-electron chi connectivity index (χ1n) is 5.58. The number of aryl methyl sites for hydroxylation is 1. The lowest BCUT2D eigenvalue weighted by Crippen LogP contribution is -2.38. The molecule has 8 nitrogen and oxygen atoms in total. The average Bonchev–Trinajstić information content (AvgIpc) is 2.57. The normalized spacial score (nSPS) is 11.7. The fourth-order valence-electron chi connectivity index (χ4n) is 1.59. The van der Waals surface area contributed by atoms with E-state index in [-0.39, 0.29) is 17.8 Å². The van der Waals surface area contributed by atoms with Crippen molar-refractivity contribution < 1.29 is 19.5 Å². The zero-order valence-corrected chi connectivity index (χ0v) is 10.6. The quantitative estimate of drug-likeness (QED) is 0.528. The van der Waals surface area contributed by atoms with Gasteiger partial charge in [-0.1, -0.05) is 0 Å². The summed E-state index contributed by atoms with van der Waals surface area (Å²) in [5.74, 6) is -1.70. The number of anilines is 1. The van der Waals surface area contributed by atoms with Crippen LogP contribution < -0.4 is 16.4 Å². The Labute approximate surface area is 109 Å². The lowest BCUT2D eigenvalue weighted by molar-refractivity contribution is -0.118. The van der Waals surface area contributed by atoms with E-state index in [1.165, 1.54) is 6.07 Å². The highest BCUT2D eigenvalue weighted by Crippen LogP contribution is 2.16. The summed E-state index contributed by atoms with van der Waals surface area (Å²) >= 11 is 0. The van der Waals surface area contributed by atoms with Crippen molar-refractivity contribution in [3.8, 4) is 0 Å². The number of nitrogens with two attached hydrogens (primary N) is 1. The summed E-state index contributed by atoms with van der Waals surface area (Å²) in [6.07, 6.45) is 0.00533. The van der Waals surface area contributed by atoms with E-state index in [1.54, 1.807) is 13.8 Å². The van der Waals surface area contributed by atoms with Crippen LogP contribution in [0.15, 0.2) is 6.07 Å². The van der Waals surface area contributed by atoms with Crippen molar-refractivity contribution in [3.05, 3.63) is 17.5 Å². The second kappa shape index (κ2) is 5.89. The van der Waals surface area contributed by atoms with Gasteiger partial charge in [0.1, 0.15) is 5.69 Å². The van der Waals surface area contributed by atoms with Crippen LogP contribution >= 0.6 is 0 Å². The largest absolute Gasteiger partial charge is 0.477 e. The summed E-state index contributed by atoms with van der Waals surface area (Å²) in [5.41, 5.74) is 5.66. The molecule has 0 aliphatic rings. The Morgan fingerprint density at radius 3 is 2.63 bits per heavy atom. The summed E-state index contributed by atoms with van der Waals surface area (Å²) in [6.45, 7) is 3.29. The van der Waals surface area contributed by atoms with Gasteiger partial charge in [0.2, 0.25) is 5.91 Å². The number of H-pyrrole nitrogens is 1. The van der Waals surface area contributed by atoms with E-state index in [1.807, 2.05) is 0 Å². The van der Waals surface area contributed by atoms with Gasteiger partial charge in [-0.05, 0) is 19.9 Å². The maximum absolute atomic E-state index is 11.6. The third-order valence-corrected chi connectivity index (χ3v) is 2.30. The summed E-state index contributed by atoms with van der Waals surface area (Å²) in [6, 6.07) is 0.461. The third-order valence-electron chi connectivity index (χ3n) is 2.30. The van der Waals surface area contributed by atoms with Gasteiger partial charge in [-0.15, -0.1) is 0 Å². The van der Waals surface area contributed by atoms with Gasteiger partial charge in [0, 0.05) is 18.2 Å². The number of aromatic carboxylic acids is 1. The average molecular weight is 268 g/mol. The second-order valence-electron chi connectivity index (χ2n) is 4.22. The number of carbonyl (C=O) groups excluding carboxylic acids is 2. The lowest BCUT2D eigenvalue weighted by atomic mass is 10.2. The molecule has 0 bridgehead atoms. The van der Waals surface area contributed by atoms with Crippen molar-refractivity contribution in [2.24, 2.45) is 5.73 Å². The Morgan fingerprint density at radius 2 is 2.11 bits per heavy atom. The van der Waals surface area contributed by atoms with Gasteiger partial charge >= 0.3 is 12.0 Å². The first-order valence-corrected chi connectivity index (χ1v) is 5.58. The molecule has 0 saturated heterocycles. The number of aromatic amines is 1. The van der Waals surface area contributed by atoms with Gasteiger partial charge in [-0.3, -0.25) is 4.79 Å². The topological polar surface area (TPSA) is 137 Å². The number of nitrogens with one attached hydrogen (secondary N) is 3. The van der Waals surface area contributed by atoms with Crippen LogP contribution in [-0.4, -0.2) is 34.0 Å². The number of urea groups is 1. The van der Waals surface area contributed by atoms with Crippen molar-refractivity contribution in [1.29, 1.82) is 0 Å². The van der Waals surface area contributed by atoms with Crippen molar-refractivity contribution >= 4 is 23.6 Å². The number of amides is 3. The van der Waals surface area contributed by atoms with Crippen molar-refractivity contribution in [3.63, 3.8) is 0 Å². The van der Waals surface area contributed by atoms with Crippen molar-refractivity contribution in [2.45, 2.75) is 26.3 Å². The maximum atomic E-state index is 11.6. The smallest absolute Gasteiger partial charge is 0.354 e. The molecule has 1 aromatic rings. The van der Waals surface area contributed by atoms with E-state index >= 15 is 0 Å². The molecule has 1 unspecified atom stereocenters. The van der Waals surface area contributed by atoms with Crippen molar-refractivity contribution in [1.82, 2.24) is 10.3 Å². The van der Waals surface area contributed by atoms with Gasteiger partial charge in [0.25, 0.3) is 0 Å². The Bertz CT molecular complexity index is 509. The Kier molecular flexibility index (Phi) is 4.51. The van der Waals surface area contributed by atoms with E-state index in [0.29, 0.717) is 5.69 Å². The first kappa shape index (κ1) is 14.6. The third kappa shape index (κ3) is 4.34. The Balaban J connectivity index is 2.67. The molecule has 0 radical (unpaired) electrons. The number of carbonyl (C=O) groups is 3. The lowest BCUT2D eigenvalue weighted by Gasteiger charge is -2.12.